The second-order valence-corrected chi connectivity index (χ2v) is 10.5. The van der Waals surface area contributed by atoms with Gasteiger partial charge in [-0.15, -0.1) is 0 Å². The molecule has 2 saturated heterocycles. The molecule has 37 heavy (non-hydrogen) atoms. The van der Waals surface area contributed by atoms with E-state index >= 15 is 0 Å². The van der Waals surface area contributed by atoms with Crippen molar-refractivity contribution < 1.29 is 9.90 Å². The van der Waals surface area contributed by atoms with E-state index in [1.807, 2.05) is 41.8 Å². The maximum atomic E-state index is 12.1. The summed E-state index contributed by atoms with van der Waals surface area (Å²) in [5, 5.41) is 19.5. The van der Waals surface area contributed by atoms with Crippen molar-refractivity contribution in [3.05, 3.63) is 24.5 Å². The van der Waals surface area contributed by atoms with Crippen LogP contribution in [-0.2, 0) is 4.79 Å². The minimum absolute atomic E-state index is 0.177. The van der Waals surface area contributed by atoms with Crippen LogP contribution in [0.5, 0.6) is 0 Å². The van der Waals surface area contributed by atoms with Gasteiger partial charge in [0.05, 0.1) is 16.5 Å². The highest BCUT2D eigenvalue weighted by Gasteiger charge is 2.29. The zero-order valence-electron chi connectivity index (χ0n) is 22.2. The molecule has 2 fully saturated rings. The standard InChI is InChI=1S/C26H37N9O2/c1-5-23(36)32-12-14-33(15-13-32)24-19-17-28-22(16-20(19)35(31-24)18(2)3)29-21-6-9-27-25(30-21)34-10-7-26(4,37)8-11-34/h6,9,16-18,37H,5,7-8,10-15H2,1-4H3,(H,27,28,29,30). The van der Waals surface area contributed by atoms with Crippen LogP contribution >= 0.6 is 0 Å². The van der Waals surface area contributed by atoms with E-state index < -0.39 is 5.60 Å². The van der Waals surface area contributed by atoms with Gasteiger partial charge < -0.3 is 25.1 Å². The van der Waals surface area contributed by atoms with Crippen molar-refractivity contribution in [1.29, 1.82) is 0 Å². The highest BCUT2D eigenvalue weighted by Crippen LogP contribution is 2.31. The van der Waals surface area contributed by atoms with Crippen LogP contribution in [0, 0.1) is 0 Å². The van der Waals surface area contributed by atoms with E-state index in [1.54, 1.807) is 6.20 Å². The highest BCUT2D eigenvalue weighted by atomic mass is 16.3. The summed E-state index contributed by atoms with van der Waals surface area (Å²) in [7, 11) is 0. The predicted octanol–water partition coefficient (Wildman–Crippen LogP) is 2.96. The van der Waals surface area contributed by atoms with E-state index in [-0.39, 0.29) is 11.9 Å². The van der Waals surface area contributed by atoms with Crippen molar-refractivity contribution in [1.82, 2.24) is 29.6 Å². The number of carbonyl (C=O) groups excluding carboxylic acids is 1. The van der Waals surface area contributed by atoms with Crippen molar-refractivity contribution in [2.75, 3.05) is 54.4 Å². The van der Waals surface area contributed by atoms with Gasteiger partial charge in [-0.05, 0) is 39.7 Å². The first-order chi connectivity index (χ1) is 17.7. The fourth-order valence-corrected chi connectivity index (χ4v) is 4.99. The molecule has 5 heterocycles. The van der Waals surface area contributed by atoms with Crippen LogP contribution in [0.25, 0.3) is 10.9 Å². The number of nitrogens with one attached hydrogen (secondary N) is 1. The first-order valence-electron chi connectivity index (χ1n) is 13.2. The normalized spacial score (nSPS) is 18.1. The Labute approximate surface area is 217 Å². The van der Waals surface area contributed by atoms with E-state index in [4.69, 9.17) is 10.1 Å². The lowest BCUT2D eigenvalue weighted by Crippen LogP contribution is -2.48. The number of rotatable bonds is 6. The fraction of sp³-hybridized carbons (Fsp3) is 0.577. The van der Waals surface area contributed by atoms with E-state index in [0.29, 0.717) is 49.9 Å². The number of carbonyl (C=O) groups is 1. The molecule has 2 aliphatic heterocycles. The van der Waals surface area contributed by atoms with Gasteiger partial charge in [0.2, 0.25) is 11.9 Å². The molecule has 3 aromatic heterocycles. The van der Waals surface area contributed by atoms with Gasteiger partial charge in [-0.2, -0.15) is 10.1 Å². The van der Waals surface area contributed by atoms with Crippen LogP contribution in [0.3, 0.4) is 0 Å². The van der Waals surface area contributed by atoms with Gasteiger partial charge in [0, 0.05) is 70.2 Å². The number of hydrogen-bond acceptors (Lipinski definition) is 9. The smallest absolute Gasteiger partial charge is 0.227 e. The third kappa shape index (κ3) is 5.31. The topological polar surface area (TPSA) is 116 Å². The molecule has 1 amide bonds. The Kier molecular flexibility index (Phi) is 6.89. The summed E-state index contributed by atoms with van der Waals surface area (Å²) >= 11 is 0. The summed E-state index contributed by atoms with van der Waals surface area (Å²) in [6, 6.07) is 4.02. The van der Waals surface area contributed by atoms with Crippen LogP contribution in [0.2, 0.25) is 0 Å². The summed E-state index contributed by atoms with van der Waals surface area (Å²) < 4.78 is 2.03. The maximum absolute atomic E-state index is 12.1. The Morgan fingerprint density at radius 2 is 1.81 bits per heavy atom. The molecule has 5 rings (SSSR count). The number of nitrogens with zero attached hydrogens (tertiary/aromatic N) is 8. The van der Waals surface area contributed by atoms with Gasteiger partial charge in [-0.25, -0.2) is 9.97 Å². The largest absolute Gasteiger partial charge is 0.390 e. The van der Waals surface area contributed by atoms with Gasteiger partial charge in [0.15, 0.2) is 5.82 Å². The third-order valence-corrected chi connectivity index (χ3v) is 7.32. The highest BCUT2D eigenvalue weighted by molar-refractivity contribution is 5.92. The molecule has 0 radical (unpaired) electrons. The summed E-state index contributed by atoms with van der Waals surface area (Å²) in [5.41, 5.74) is 0.381. The molecule has 11 nitrogen and oxygen atoms in total. The average Bonchev–Trinajstić information content (AvgIpc) is 3.28. The van der Waals surface area contributed by atoms with Crippen LogP contribution in [0.1, 0.15) is 53.0 Å². The average molecular weight is 508 g/mol. The molecule has 0 aliphatic carbocycles. The molecule has 3 aromatic rings. The number of piperazine rings is 1. The minimum Gasteiger partial charge on any atom is -0.390 e. The van der Waals surface area contributed by atoms with Crippen LogP contribution in [0.4, 0.5) is 23.4 Å². The van der Waals surface area contributed by atoms with E-state index in [0.717, 1.165) is 42.9 Å². The molecule has 198 valence electrons. The molecule has 0 saturated carbocycles. The molecular formula is C26H37N9O2. The van der Waals surface area contributed by atoms with Crippen molar-refractivity contribution in [2.45, 2.75) is 58.6 Å². The second kappa shape index (κ2) is 10.1. The summed E-state index contributed by atoms with van der Waals surface area (Å²) in [4.78, 5) is 32.2. The van der Waals surface area contributed by atoms with Crippen molar-refractivity contribution in [3.8, 4) is 0 Å². The quantitative estimate of drug-likeness (QED) is 0.519. The Morgan fingerprint density at radius 1 is 1.08 bits per heavy atom. The molecule has 0 unspecified atom stereocenters. The number of aromatic nitrogens is 5. The molecule has 11 heteroatoms. The summed E-state index contributed by atoms with van der Waals surface area (Å²) in [6.07, 6.45) is 5.54. The van der Waals surface area contributed by atoms with Crippen LogP contribution in [-0.4, -0.2) is 85.5 Å². The molecule has 0 aromatic carbocycles. The van der Waals surface area contributed by atoms with Gasteiger partial charge in [-0.3, -0.25) is 9.48 Å². The lowest BCUT2D eigenvalue weighted by molar-refractivity contribution is -0.131. The molecule has 0 bridgehead atoms. The molecular weight excluding hydrogens is 470 g/mol. The van der Waals surface area contributed by atoms with Gasteiger partial charge in [0.25, 0.3) is 0 Å². The lowest BCUT2D eigenvalue weighted by atomic mass is 9.94. The van der Waals surface area contributed by atoms with Crippen LogP contribution in [0.15, 0.2) is 24.5 Å². The first-order valence-corrected chi connectivity index (χ1v) is 13.2. The zero-order valence-corrected chi connectivity index (χ0v) is 22.2. The van der Waals surface area contributed by atoms with E-state index in [1.165, 1.54) is 0 Å². The number of piperidine rings is 1. The monoisotopic (exact) mass is 507 g/mol. The minimum atomic E-state index is -0.621. The number of aliphatic hydroxyl groups is 1. The Hall–Kier alpha value is -3.47. The molecule has 2 N–H and O–H groups in total. The number of pyridine rings is 1. The Bertz CT molecular complexity index is 1250. The van der Waals surface area contributed by atoms with Gasteiger partial charge in [-0.1, -0.05) is 6.92 Å². The molecule has 2 aliphatic rings. The summed E-state index contributed by atoms with van der Waals surface area (Å²) in [5.74, 6) is 3.12. The first kappa shape index (κ1) is 25.2. The Balaban J connectivity index is 1.36. The van der Waals surface area contributed by atoms with Crippen LogP contribution < -0.4 is 15.1 Å². The van der Waals surface area contributed by atoms with Crippen molar-refractivity contribution in [2.24, 2.45) is 0 Å². The second-order valence-electron chi connectivity index (χ2n) is 10.5. The number of amides is 1. The molecule has 0 atom stereocenters. The van der Waals surface area contributed by atoms with Gasteiger partial charge in [0.1, 0.15) is 11.6 Å². The van der Waals surface area contributed by atoms with Crippen molar-refractivity contribution in [3.63, 3.8) is 0 Å². The van der Waals surface area contributed by atoms with E-state index in [9.17, 15) is 9.90 Å². The summed E-state index contributed by atoms with van der Waals surface area (Å²) in [6.45, 7) is 12.4. The number of fused-ring (bicyclic) bond motifs is 1. The third-order valence-electron chi connectivity index (χ3n) is 7.32. The number of anilines is 4. The van der Waals surface area contributed by atoms with Gasteiger partial charge >= 0.3 is 0 Å². The molecule has 0 spiro atoms. The lowest BCUT2D eigenvalue weighted by Gasteiger charge is -2.35. The Morgan fingerprint density at radius 3 is 2.49 bits per heavy atom. The van der Waals surface area contributed by atoms with Crippen molar-refractivity contribution >= 4 is 40.2 Å². The number of hydrogen-bond donors (Lipinski definition) is 2. The maximum Gasteiger partial charge on any atom is 0.227 e. The van der Waals surface area contributed by atoms with E-state index in [2.05, 4.69) is 38.9 Å². The zero-order chi connectivity index (χ0) is 26.2. The predicted molar refractivity (Wildman–Crippen MR) is 144 cm³/mol. The SMILES string of the molecule is CCC(=O)N1CCN(c2nn(C(C)C)c3cc(Nc4ccnc(N5CCC(C)(O)CC5)n4)ncc23)CC1. The fourth-order valence-electron chi connectivity index (χ4n) is 4.99.